The molecule has 0 aliphatic carbocycles. The van der Waals surface area contributed by atoms with Crippen molar-refractivity contribution in [1.29, 1.82) is 0 Å². The topological polar surface area (TPSA) is 63.6 Å². The molecule has 0 N–H and O–H groups in total. The molecule has 2 bridgehead atoms. The minimum Gasteiger partial charge on any atom is -0.376 e. The van der Waals surface area contributed by atoms with Crippen LogP contribution in [-0.2, 0) is 9.47 Å². The molecule has 0 spiro atoms. The summed E-state index contributed by atoms with van der Waals surface area (Å²) < 4.78 is 11.4. The average molecular weight is 340 g/mol. The predicted molar refractivity (Wildman–Crippen MR) is 87.1 cm³/mol. The van der Waals surface area contributed by atoms with Crippen molar-refractivity contribution in [2.75, 3.05) is 42.6 Å². The van der Waals surface area contributed by atoms with Crippen molar-refractivity contribution in [1.82, 2.24) is 15.0 Å². The fraction of sp³-hybridized carbons (Fsp3) is 0.800. The Balaban J connectivity index is 1.60. The SMILES string of the molecule is CC1CN(c2nc(Cl)nc(N3CC4COC(C4)C3)n2)C(C)CO1. The molecule has 3 aliphatic heterocycles. The minimum absolute atomic E-state index is 0.157. The van der Waals surface area contributed by atoms with Gasteiger partial charge in [-0.05, 0) is 31.9 Å². The number of piperidine rings is 1. The molecular weight excluding hydrogens is 318 g/mol. The summed E-state index contributed by atoms with van der Waals surface area (Å²) in [4.78, 5) is 17.7. The molecule has 4 unspecified atom stereocenters. The largest absolute Gasteiger partial charge is 0.376 e. The molecule has 0 amide bonds. The van der Waals surface area contributed by atoms with Crippen LogP contribution in [0.25, 0.3) is 0 Å². The second kappa shape index (κ2) is 6.03. The molecule has 3 aliphatic rings. The zero-order valence-electron chi connectivity index (χ0n) is 13.5. The van der Waals surface area contributed by atoms with Crippen LogP contribution in [0.3, 0.4) is 0 Å². The summed E-state index contributed by atoms with van der Waals surface area (Å²) in [5.41, 5.74) is 0. The lowest BCUT2D eigenvalue weighted by atomic mass is 10.0. The molecule has 23 heavy (non-hydrogen) atoms. The van der Waals surface area contributed by atoms with E-state index in [1.165, 1.54) is 0 Å². The van der Waals surface area contributed by atoms with E-state index in [0.717, 1.165) is 32.7 Å². The maximum Gasteiger partial charge on any atom is 0.231 e. The van der Waals surface area contributed by atoms with Gasteiger partial charge >= 0.3 is 0 Å². The van der Waals surface area contributed by atoms with Crippen LogP contribution in [-0.4, -0.2) is 66.0 Å². The summed E-state index contributed by atoms with van der Waals surface area (Å²) >= 11 is 6.18. The molecule has 4 atom stereocenters. The van der Waals surface area contributed by atoms with Crippen molar-refractivity contribution in [3.8, 4) is 0 Å². The molecule has 1 aromatic heterocycles. The first-order chi connectivity index (χ1) is 11.1. The van der Waals surface area contributed by atoms with Gasteiger partial charge in [-0.3, -0.25) is 0 Å². The van der Waals surface area contributed by atoms with Crippen molar-refractivity contribution in [3.05, 3.63) is 5.28 Å². The van der Waals surface area contributed by atoms with Gasteiger partial charge in [-0.25, -0.2) is 0 Å². The number of fused-ring (bicyclic) bond motifs is 2. The highest BCUT2D eigenvalue weighted by Crippen LogP contribution is 2.30. The molecule has 8 heteroatoms. The van der Waals surface area contributed by atoms with E-state index < -0.39 is 0 Å². The molecule has 0 saturated carbocycles. The Kier molecular flexibility index (Phi) is 4.03. The molecular formula is C15H22ClN5O2. The Labute approximate surface area is 141 Å². The van der Waals surface area contributed by atoms with Crippen molar-refractivity contribution < 1.29 is 9.47 Å². The van der Waals surface area contributed by atoms with Gasteiger partial charge in [-0.15, -0.1) is 0 Å². The molecule has 126 valence electrons. The van der Waals surface area contributed by atoms with E-state index in [9.17, 15) is 0 Å². The number of ether oxygens (including phenoxy) is 2. The van der Waals surface area contributed by atoms with Gasteiger partial charge in [0.25, 0.3) is 0 Å². The van der Waals surface area contributed by atoms with Gasteiger partial charge in [0.05, 0.1) is 31.5 Å². The number of hydrogen-bond acceptors (Lipinski definition) is 7. The summed E-state index contributed by atoms with van der Waals surface area (Å²) in [6, 6.07) is 0.221. The van der Waals surface area contributed by atoms with Crippen molar-refractivity contribution in [2.24, 2.45) is 5.92 Å². The maximum absolute atomic E-state index is 6.18. The third-order valence-electron chi connectivity index (χ3n) is 4.80. The van der Waals surface area contributed by atoms with Gasteiger partial charge in [0, 0.05) is 25.6 Å². The van der Waals surface area contributed by atoms with Crippen LogP contribution in [0.5, 0.6) is 0 Å². The smallest absolute Gasteiger partial charge is 0.231 e. The fourth-order valence-corrected chi connectivity index (χ4v) is 3.76. The highest BCUT2D eigenvalue weighted by atomic mass is 35.5. The van der Waals surface area contributed by atoms with Gasteiger partial charge < -0.3 is 19.3 Å². The number of halogens is 1. The van der Waals surface area contributed by atoms with Crippen LogP contribution in [0.1, 0.15) is 20.3 Å². The van der Waals surface area contributed by atoms with Gasteiger partial charge in [-0.1, -0.05) is 0 Å². The molecule has 0 aromatic carbocycles. The Morgan fingerprint density at radius 1 is 1.00 bits per heavy atom. The first-order valence-electron chi connectivity index (χ1n) is 8.25. The number of hydrogen-bond donors (Lipinski definition) is 0. The van der Waals surface area contributed by atoms with E-state index in [2.05, 4.69) is 33.6 Å². The maximum atomic E-state index is 6.18. The van der Waals surface area contributed by atoms with Gasteiger partial charge in [-0.2, -0.15) is 15.0 Å². The molecule has 1 aromatic rings. The summed E-state index contributed by atoms with van der Waals surface area (Å²) in [6.45, 7) is 8.18. The second-order valence-corrected chi connectivity index (χ2v) is 7.15. The van der Waals surface area contributed by atoms with Gasteiger partial charge in [0.1, 0.15) is 0 Å². The summed E-state index contributed by atoms with van der Waals surface area (Å²) in [6.07, 6.45) is 1.58. The number of aromatic nitrogens is 3. The number of anilines is 2. The van der Waals surface area contributed by atoms with Crippen molar-refractivity contribution in [3.63, 3.8) is 0 Å². The van der Waals surface area contributed by atoms with Crippen LogP contribution in [0.15, 0.2) is 0 Å². The summed E-state index contributed by atoms with van der Waals surface area (Å²) in [5.74, 6) is 1.86. The zero-order valence-corrected chi connectivity index (χ0v) is 14.2. The van der Waals surface area contributed by atoms with Crippen LogP contribution >= 0.6 is 11.6 Å². The number of rotatable bonds is 2. The van der Waals surface area contributed by atoms with Gasteiger partial charge in [0.2, 0.25) is 17.2 Å². The van der Waals surface area contributed by atoms with E-state index in [4.69, 9.17) is 26.1 Å². The van der Waals surface area contributed by atoms with Crippen molar-refractivity contribution in [2.45, 2.75) is 38.5 Å². The van der Waals surface area contributed by atoms with Gasteiger partial charge in [0.15, 0.2) is 0 Å². The highest BCUT2D eigenvalue weighted by Gasteiger charge is 2.35. The monoisotopic (exact) mass is 339 g/mol. The summed E-state index contributed by atoms with van der Waals surface area (Å²) in [7, 11) is 0. The quantitative estimate of drug-likeness (QED) is 0.806. The van der Waals surface area contributed by atoms with Crippen LogP contribution in [0, 0.1) is 5.92 Å². The molecule has 3 saturated heterocycles. The van der Waals surface area contributed by atoms with Crippen LogP contribution < -0.4 is 9.80 Å². The van der Waals surface area contributed by atoms with E-state index >= 15 is 0 Å². The molecule has 3 fully saturated rings. The molecule has 0 radical (unpaired) electrons. The second-order valence-electron chi connectivity index (χ2n) is 6.81. The Morgan fingerprint density at radius 2 is 1.83 bits per heavy atom. The lowest BCUT2D eigenvalue weighted by Crippen LogP contribution is -2.48. The van der Waals surface area contributed by atoms with E-state index in [1.54, 1.807) is 0 Å². The number of nitrogens with zero attached hydrogens (tertiary/aromatic N) is 5. The predicted octanol–water partition coefficient (Wildman–Crippen LogP) is 1.36. The highest BCUT2D eigenvalue weighted by molar-refractivity contribution is 6.28. The zero-order chi connectivity index (χ0) is 16.0. The lowest BCUT2D eigenvalue weighted by molar-refractivity contribution is 0.0337. The first-order valence-corrected chi connectivity index (χ1v) is 8.62. The van der Waals surface area contributed by atoms with Crippen LogP contribution in [0.2, 0.25) is 5.28 Å². The van der Waals surface area contributed by atoms with E-state index in [0.29, 0.717) is 24.4 Å². The standard InChI is InChI=1S/C15H22ClN5O2/c1-9-7-22-10(2)4-21(9)15-18-13(16)17-14(19-15)20-5-11-3-12(6-20)23-8-11/h9-12H,3-8H2,1-2H3. The molecule has 4 rings (SSSR count). The van der Waals surface area contributed by atoms with E-state index in [1.807, 2.05) is 0 Å². The normalized spacial score (nSPS) is 34.0. The third kappa shape index (κ3) is 3.09. The molecule has 7 nitrogen and oxygen atoms in total. The first kappa shape index (κ1) is 15.4. The lowest BCUT2D eigenvalue weighted by Gasteiger charge is -2.37. The average Bonchev–Trinajstić information content (AvgIpc) is 2.87. The van der Waals surface area contributed by atoms with Crippen molar-refractivity contribution >= 4 is 23.5 Å². The fourth-order valence-electron chi connectivity index (χ4n) is 3.61. The number of morpholine rings is 1. The molecule has 4 heterocycles. The third-order valence-corrected chi connectivity index (χ3v) is 4.97. The van der Waals surface area contributed by atoms with E-state index in [-0.39, 0.29) is 23.5 Å². The Morgan fingerprint density at radius 3 is 2.65 bits per heavy atom. The Hall–Kier alpha value is -1.18. The van der Waals surface area contributed by atoms with Crippen LogP contribution in [0.4, 0.5) is 11.9 Å². The minimum atomic E-state index is 0.157. The summed E-state index contributed by atoms with van der Waals surface area (Å²) in [5, 5.41) is 0.246. The Bertz CT molecular complexity index is 577.